The molecule has 3 rings (SSSR count). The van der Waals surface area contributed by atoms with E-state index in [1.54, 1.807) is 17.5 Å². The Balaban J connectivity index is 1.97. The molecule has 0 aliphatic heterocycles. The highest BCUT2D eigenvalue weighted by Gasteiger charge is 2.07. The van der Waals surface area contributed by atoms with E-state index in [0.717, 1.165) is 18.3 Å². The molecule has 0 atom stereocenters. The number of hydrogen-bond donors (Lipinski definition) is 1. The molecule has 2 aromatic heterocycles. The highest BCUT2D eigenvalue weighted by Crippen LogP contribution is 2.27. The predicted molar refractivity (Wildman–Crippen MR) is 68.6 cm³/mol. The van der Waals surface area contributed by atoms with Crippen LogP contribution in [0.1, 0.15) is 20.9 Å². The van der Waals surface area contributed by atoms with E-state index >= 15 is 0 Å². The zero-order valence-corrected chi connectivity index (χ0v) is 9.83. The zero-order valence-electron chi connectivity index (χ0n) is 9.01. The second-order valence-corrected chi connectivity index (χ2v) is 5.02. The fourth-order valence-corrected chi connectivity index (χ4v) is 2.96. The summed E-state index contributed by atoms with van der Waals surface area (Å²) in [7, 11) is 0. The standard InChI is InChI=1S/C13H10N2OS/c16-8-12-10(7-14-15-12)6-11-5-9-3-1-2-4-13(9)17-11/h1-5,7-8H,6H2,(H,14,15). The molecule has 3 aromatic rings. The van der Waals surface area contributed by atoms with Gasteiger partial charge in [0.15, 0.2) is 6.29 Å². The number of benzene rings is 1. The van der Waals surface area contributed by atoms with Crippen LogP contribution in [0.15, 0.2) is 36.5 Å². The molecule has 84 valence electrons. The first-order valence-corrected chi connectivity index (χ1v) is 6.13. The number of aldehydes is 1. The molecule has 1 aromatic carbocycles. The Kier molecular flexibility index (Phi) is 2.49. The molecular formula is C13H10N2OS. The first kappa shape index (κ1) is 10.2. The third kappa shape index (κ3) is 1.87. The van der Waals surface area contributed by atoms with Crippen molar-refractivity contribution < 1.29 is 4.79 Å². The summed E-state index contributed by atoms with van der Waals surface area (Å²) in [4.78, 5) is 12.0. The summed E-state index contributed by atoms with van der Waals surface area (Å²) in [5, 5.41) is 7.84. The smallest absolute Gasteiger partial charge is 0.168 e. The summed E-state index contributed by atoms with van der Waals surface area (Å²) in [6, 6.07) is 10.5. The van der Waals surface area contributed by atoms with Crippen molar-refractivity contribution in [1.82, 2.24) is 10.2 Å². The molecule has 17 heavy (non-hydrogen) atoms. The normalized spacial score (nSPS) is 10.8. The van der Waals surface area contributed by atoms with Gasteiger partial charge in [-0.05, 0) is 17.5 Å². The van der Waals surface area contributed by atoms with Crippen LogP contribution < -0.4 is 0 Å². The maximum atomic E-state index is 10.8. The van der Waals surface area contributed by atoms with E-state index < -0.39 is 0 Å². The summed E-state index contributed by atoms with van der Waals surface area (Å²) >= 11 is 1.76. The van der Waals surface area contributed by atoms with Crippen LogP contribution in [0.5, 0.6) is 0 Å². The van der Waals surface area contributed by atoms with Crippen LogP contribution in [0.2, 0.25) is 0 Å². The second-order valence-electron chi connectivity index (χ2n) is 3.85. The Labute approximate surface area is 102 Å². The maximum Gasteiger partial charge on any atom is 0.168 e. The molecule has 0 saturated heterocycles. The van der Waals surface area contributed by atoms with Crippen LogP contribution in [-0.4, -0.2) is 16.5 Å². The number of nitrogens with one attached hydrogen (secondary N) is 1. The number of carbonyl (C=O) groups excluding carboxylic acids is 1. The number of nitrogens with zero attached hydrogens (tertiary/aromatic N) is 1. The number of carbonyl (C=O) groups is 1. The monoisotopic (exact) mass is 242 g/mol. The lowest BCUT2D eigenvalue weighted by atomic mass is 10.1. The van der Waals surface area contributed by atoms with Crippen LogP contribution in [0.3, 0.4) is 0 Å². The van der Waals surface area contributed by atoms with E-state index in [9.17, 15) is 4.79 Å². The van der Waals surface area contributed by atoms with Crippen LogP contribution in [0, 0.1) is 0 Å². The van der Waals surface area contributed by atoms with E-state index in [2.05, 4.69) is 28.4 Å². The number of fused-ring (bicyclic) bond motifs is 1. The first-order valence-electron chi connectivity index (χ1n) is 5.31. The number of aromatic amines is 1. The van der Waals surface area contributed by atoms with Crippen molar-refractivity contribution in [1.29, 1.82) is 0 Å². The summed E-state index contributed by atoms with van der Waals surface area (Å²) in [5.74, 6) is 0. The average molecular weight is 242 g/mol. The molecule has 0 saturated carbocycles. The molecule has 0 aliphatic carbocycles. The van der Waals surface area contributed by atoms with Gasteiger partial charge in [0.2, 0.25) is 0 Å². The molecular weight excluding hydrogens is 232 g/mol. The Morgan fingerprint density at radius 1 is 1.35 bits per heavy atom. The van der Waals surface area contributed by atoms with Gasteiger partial charge >= 0.3 is 0 Å². The lowest BCUT2D eigenvalue weighted by Gasteiger charge is -1.93. The van der Waals surface area contributed by atoms with Crippen LogP contribution >= 0.6 is 11.3 Å². The van der Waals surface area contributed by atoms with Gasteiger partial charge in [0.1, 0.15) is 5.69 Å². The minimum Gasteiger partial charge on any atom is -0.296 e. The number of hydrogen-bond acceptors (Lipinski definition) is 3. The van der Waals surface area contributed by atoms with E-state index in [-0.39, 0.29) is 0 Å². The van der Waals surface area contributed by atoms with Gasteiger partial charge in [-0.1, -0.05) is 18.2 Å². The molecule has 2 heterocycles. The predicted octanol–water partition coefficient (Wildman–Crippen LogP) is 3.03. The molecule has 0 spiro atoms. The van der Waals surface area contributed by atoms with Crippen molar-refractivity contribution in [2.45, 2.75) is 6.42 Å². The largest absolute Gasteiger partial charge is 0.296 e. The molecule has 0 amide bonds. The molecule has 0 unspecified atom stereocenters. The third-order valence-corrected chi connectivity index (χ3v) is 3.83. The number of H-pyrrole nitrogens is 1. The van der Waals surface area contributed by atoms with Gasteiger partial charge in [-0.25, -0.2) is 0 Å². The molecule has 3 nitrogen and oxygen atoms in total. The van der Waals surface area contributed by atoms with Gasteiger partial charge in [0.25, 0.3) is 0 Å². The zero-order chi connectivity index (χ0) is 11.7. The van der Waals surface area contributed by atoms with Crippen molar-refractivity contribution in [3.8, 4) is 0 Å². The Bertz CT molecular complexity index is 636. The van der Waals surface area contributed by atoms with Gasteiger partial charge < -0.3 is 0 Å². The minimum absolute atomic E-state index is 0.572. The molecule has 0 bridgehead atoms. The Hall–Kier alpha value is -1.94. The minimum atomic E-state index is 0.572. The van der Waals surface area contributed by atoms with Crippen LogP contribution in [-0.2, 0) is 6.42 Å². The Morgan fingerprint density at radius 2 is 2.24 bits per heavy atom. The lowest BCUT2D eigenvalue weighted by Crippen LogP contribution is -1.89. The van der Waals surface area contributed by atoms with E-state index in [4.69, 9.17) is 0 Å². The fourth-order valence-electron chi connectivity index (χ4n) is 1.88. The van der Waals surface area contributed by atoms with E-state index in [1.807, 2.05) is 12.1 Å². The van der Waals surface area contributed by atoms with Crippen molar-refractivity contribution in [2.24, 2.45) is 0 Å². The molecule has 0 fully saturated rings. The van der Waals surface area contributed by atoms with Gasteiger partial charge in [0.05, 0.1) is 6.20 Å². The number of aromatic nitrogens is 2. The van der Waals surface area contributed by atoms with Crippen molar-refractivity contribution in [3.05, 3.63) is 52.7 Å². The van der Waals surface area contributed by atoms with E-state index in [0.29, 0.717) is 5.69 Å². The van der Waals surface area contributed by atoms with Gasteiger partial charge in [-0.2, -0.15) is 5.10 Å². The maximum absolute atomic E-state index is 10.8. The highest BCUT2D eigenvalue weighted by atomic mass is 32.1. The summed E-state index contributed by atoms with van der Waals surface area (Å²) < 4.78 is 1.28. The quantitative estimate of drug-likeness (QED) is 0.717. The molecule has 0 aliphatic rings. The first-order chi connectivity index (χ1) is 8.36. The van der Waals surface area contributed by atoms with Crippen molar-refractivity contribution in [2.75, 3.05) is 0 Å². The summed E-state index contributed by atoms with van der Waals surface area (Å²) in [5.41, 5.74) is 1.52. The molecule has 1 N–H and O–H groups in total. The fraction of sp³-hybridized carbons (Fsp3) is 0.0769. The van der Waals surface area contributed by atoms with Crippen molar-refractivity contribution >= 4 is 27.7 Å². The van der Waals surface area contributed by atoms with Gasteiger partial charge in [0, 0.05) is 21.6 Å². The highest BCUT2D eigenvalue weighted by molar-refractivity contribution is 7.19. The molecule has 4 heteroatoms. The van der Waals surface area contributed by atoms with Crippen LogP contribution in [0.4, 0.5) is 0 Å². The SMILES string of the molecule is O=Cc1[nH]ncc1Cc1cc2ccccc2s1. The van der Waals surface area contributed by atoms with Gasteiger partial charge in [-0.15, -0.1) is 11.3 Å². The van der Waals surface area contributed by atoms with Gasteiger partial charge in [-0.3, -0.25) is 9.89 Å². The number of rotatable bonds is 3. The van der Waals surface area contributed by atoms with Crippen molar-refractivity contribution in [3.63, 3.8) is 0 Å². The van der Waals surface area contributed by atoms with Crippen LogP contribution in [0.25, 0.3) is 10.1 Å². The topological polar surface area (TPSA) is 45.8 Å². The summed E-state index contributed by atoms with van der Waals surface area (Å²) in [6.45, 7) is 0. The lowest BCUT2D eigenvalue weighted by molar-refractivity contribution is 0.111. The second kappa shape index (κ2) is 4.14. The third-order valence-electron chi connectivity index (χ3n) is 2.71. The van der Waals surface area contributed by atoms with E-state index in [1.165, 1.54) is 15.0 Å². The Morgan fingerprint density at radius 3 is 3.06 bits per heavy atom. The number of thiophene rings is 1. The average Bonchev–Trinajstić information content (AvgIpc) is 2.94. The molecule has 0 radical (unpaired) electrons. The summed E-state index contributed by atoms with van der Waals surface area (Å²) in [6.07, 6.45) is 3.29.